The third-order valence-electron chi connectivity index (χ3n) is 7.16. The number of rotatable bonds is 12. The van der Waals surface area contributed by atoms with E-state index in [0.717, 1.165) is 62.6 Å². The summed E-state index contributed by atoms with van der Waals surface area (Å²) in [5.74, 6) is 0. The molecule has 1 aliphatic heterocycles. The minimum Gasteiger partial charge on any atom is -0.285 e. The van der Waals surface area contributed by atoms with Gasteiger partial charge in [-0.25, -0.2) is 8.42 Å². The lowest BCUT2D eigenvalue weighted by atomic mass is 10.0. The molecule has 0 saturated carbocycles. The fraction of sp³-hybridized carbons (Fsp3) is 0.419. The first-order chi connectivity index (χ1) is 18.4. The Morgan fingerprint density at radius 3 is 2.37 bits per heavy atom. The van der Waals surface area contributed by atoms with Gasteiger partial charge in [-0.1, -0.05) is 72.3 Å². The van der Waals surface area contributed by atoms with Crippen molar-refractivity contribution < 1.29 is 13.2 Å². The average molecular weight is 551 g/mol. The van der Waals surface area contributed by atoms with Gasteiger partial charge in [-0.3, -0.25) is 9.78 Å². The van der Waals surface area contributed by atoms with Crippen LogP contribution in [-0.4, -0.2) is 40.7 Å². The van der Waals surface area contributed by atoms with Crippen LogP contribution < -0.4 is 0 Å². The number of hydrogen-bond acceptors (Lipinski definition) is 5. The van der Waals surface area contributed by atoms with Gasteiger partial charge in [-0.05, 0) is 88.1 Å². The van der Waals surface area contributed by atoms with E-state index in [1.54, 1.807) is 12.1 Å². The first-order valence-corrected chi connectivity index (χ1v) is 16.0. The van der Waals surface area contributed by atoms with Crippen molar-refractivity contribution in [2.24, 2.45) is 0 Å². The number of aryl methyl sites for hydroxylation is 3. The molecule has 0 radical (unpaired) electrons. The van der Waals surface area contributed by atoms with Crippen molar-refractivity contribution in [3.05, 3.63) is 95.8 Å². The van der Waals surface area contributed by atoms with E-state index < -0.39 is 16.1 Å². The van der Waals surface area contributed by atoms with Gasteiger partial charge in [0.15, 0.2) is 0 Å². The second-order valence-electron chi connectivity index (χ2n) is 10.1. The van der Waals surface area contributed by atoms with Crippen LogP contribution in [0.15, 0.2) is 83.9 Å². The summed E-state index contributed by atoms with van der Waals surface area (Å²) in [6.07, 6.45) is 9.67. The van der Waals surface area contributed by atoms with Crippen molar-refractivity contribution in [3.8, 4) is 0 Å². The lowest BCUT2D eigenvalue weighted by Gasteiger charge is -2.34. The Kier molecular flexibility index (Phi) is 10.6. The maximum Gasteiger partial charge on any atom is 0.243 e. The van der Waals surface area contributed by atoms with E-state index >= 15 is 0 Å². The van der Waals surface area contributed by atoms with Gasteiger partial charge >= 0.3 is 0 Å². The van der Waals surface area contributed by atoms with Crippen LogP contribution in [0.25, 0.3) is 0 Å². The Balaban J connectivity index is 1.43. The molecule has 1 aromatic heterocycles. The summed E-state index contributed by atoms with van der Waals surface area (Å²) in [5.41, 5.74) is 3.38. The number of aromatic nitrogens is 1. The number of thioether (sulfide) groups is 1. The highest BCUT2D eigenvalue weighted by molar-refractivity contribution is 8.14. The predicted molar refractivity (Wildman–Crippen MR) is 156 cm³/mol. The van der Waals surface area contributed by atoms with Gasteiger partial charge in [-0.15, -0.1) is 0 Å². The summed E-state index contributed by atoms with van der Waals surface area (Å²) in [4.78, 5) is 18.4. The molecule has 4 rings (SSSR count). The molecule has 0 spiro atoms. The number of benzene rings is 2. The van der Waals surface area contributed by atoms with Crippen LogP contribution in [0.3, 0.4) is 0 Å². The van der Waals surface area contributed by atoms with Crippen molar-refractivity contribution in [1.82, 2.24) is 9.29 Å². The van der Waals surface area contributed by atoms with E-state index in [4.69, 9.17) is 0 Å². The van der Waals surface area contributed by atoms with E-state index in [1.165, 1.54) is 21.6 Å². The Hall–Kier alpha value is -2.48. The molecular weight excluding hydrogens is 512 g/mol. The van der Waals surface area contributed by atoms with Crippen molar-refractivity contribution in [2.75, 3.05) is 6.54 Å². The second kappa shape index (κ2) is 14.1. The summed E-state index contributed by atoms with van der Waals surface area (Å²) in [5, 5.41) is 0.142. The summed E-state index contributed by atoms with van der Waals surface area (Å²) < 4.78 is 28.5. The van der Waals surface area contributed by atoms with Crippen LogP contribution in [0.2, 0.25) is 0 Å². The third kappa shape index (κ3) is 8.01. The molecule has 0 aliphatic carbocycles. The number of nitrogens with zero attached hydrogens (tertiary/aromatic N) is 2. The Morgan fingerprint density at radius 2 is 1.66 bits per heavy atom. The number of sulfonamides is 1. The number of carbonyl (C=O) groups is 1. The van der Waals surface area contributed by atoms with Gasteiger partial charge in [-0.2, -0.15) is 4.31 Å². The molecular formula is C31H38N2O3S2. The molecule has 1 fully saturated rings. The van der Waals surface area contributed by atoms with Crippen LogP contribution in [0.1, 0.15) is 61.8 Å². The molecule has 5 nitrogen and oxygen atoms in total. The monoisotopic (exact) mass is 550 g/mol. The molecule has 1 saturated heterocycles. The molecule has 2 unspecified atom stereocenters. The van der Waals surface area contributed by atoms with E-state index in [1.807, 2.05) is 49.5 Å². The molecule has 7 heteroatoms. The molecule has 0 amide bonds. The highest BCUT2D eigenvalue weighted by Gasteiger charge is 2.38. The maximum absolute atomic E-state index is 13.7. The molecule has 2 heterocycles. The quantitative estimate of drug-likeness (QED) is 0.254. The molecule has 2 atom stereocenters. The molecule has 0 bridgehead atoms. The topological polar surface area (TPSA) is 67.3 Å². The number of carbonyl (C=O) groups excluding carboxylic acids is 1. The van der Waals surface area contributed by atoms with Gasteiger partial charge < -0.3 is 0 Å². The lowest BCUT2D eigenvalue weighted by Crippen LogP contribution is -2.47. The third-order valence-corrected chi connectivity index (χ3v) is 10.4. The Morgan fingerprint density at radius 1 is 0.947 bits per heavy atom. The fourth-order valence-electron chi connectivity index (χ4n) is 5.01. The molecule has 0 N–H and O–H groups in total. The van der Waals surface area contributed by atoms with Gasteiger partial charge in [0, 0.05) is 23.7 Å². The zero-order valence-electron chi connectivity index (χ0n) is 22.2. The summed E-state index contributed by atoms with van der Waals surface area (Å²) in [6, 6.07) is 22.7. The Labute approximate surface area is 232 Å². The zero-order chi connectivity index (χ0) is 26.8. The minimum atomic E-state index is -3.72. The lowest BCUT2D eigenvalue weighted by molar-refractivity contribution is -0.115. The minimum absolute atomic E-state index is 0.0112. The van der Waals surface area contributed by atoms with E-state index in [9.17, 15) is 13.2 Å². The fourth-order valence-corrected chi connectivity index (χ4v) is 8.04. The SMILES string of the molecule is Cc1ccc(S(=O)(=O)N2CCCCC2C(=O)SC(CCCc2ccccc2)CCCc2ccccn2)cc1. The largest absolute Gasteiger partial charge is 0.285 e. The normalized spacial score (nSPS) is 17.2. The highest BCUT2D eigenvalue weighted by atomic mass is 32.2. The van der Waals surface area contributed by atoms with Crippen molar-refractivity contribution in [3.63, 3.8) is 0 Å². The average Bonchev–Trinajstić information content (AvgIpc) is 2.94. The van der Waals surface area contributed by atoms with Crippen LogP contribution in [-0.2, 0) is 27.7 Å². The first kappa shape index (κ1) is 28.5. The molecule has 2 aromatic carbocycles. The first-order valence-electron chi connectivity index (χ1n) is 13.7. The van der Waals surface area contributed by atoms with Gasteiger partial charge in [0.1, 0.15) is 0 Å². The molecule has 3 aromatic rings. The number of hydrogen-bond donors (Lipinski definition) is 0. The summed E-state index contributed by atoms with van der Waals surface area (Å²) in [7, 11) is -3.72. The van der Waals surface area contributed by atoms with Crippen molar-refractivity contribution in [2.45, 2.75) is 80.9 Å². The maximum atomic E-state index is 13.7. The van der Waals surface area contributed by atoms with Crippen LogP contribution in [0, 0.1) is 6.92 Å². The van der Waals surface area contributed by atoms with Gasteiger partial charge in [0.2, 0.25) is 15.1 Å². The van der Waals surface area contributed by atoms with Crippen LogP contribution >= 0.6 is 11.8 Å². The summed E-state index contributed by atoms with van der Waals surface area (Å²) >= 11 is 1.37. The van der Waals surface area contributed by atoms with Crippen LogP contribution in [0.4, 0.5) is 0 Å². The highest BCUT2D eigenvalue weighted by Crippen LogP contribution is 2.32. The molecule has 202 valence electrons. The number of piperidine rings is 1. The van der Waals surface area contributed by atoms with Crippen LogP contribution in [0.5, 0.6) is 0 Å². The van der Waals surface area contributed by atoms with Crippen molar-refractivity contribution in [1.29, 1.82) is 0 Å². The molecule has 1 aliphatic rings. The van der Waals surface area contributed by atoms with Gasteiger partial charge in [0.05, 0.1) is 10.9 Å². The predicted octanol–water partition coefficient (Wildman–Crippen LogP) is 6.61. The second-order valence-corrected chi connectivity index (χ2v) is 13.3. The van der Waals surface area contributed by atoms with E-state index in [2.05, 4.69) is 29.2 Å². The smallest absolute Gasteiger partial charge is 0.243 e. The van der Waals surface area contributed by atoms with Crippen molar-refractivity contribution >= 4 is 26.9 Å². The Bertz CT molecular complexity index is 1200. The molecule has 38 heavy (non-hydrogen) atoms. The standard InChI is InChI=1S/C31H38N2O3S2/c1-25-19-21-29(22-20-25)38(35,36)33-24-8-6-18-30(33)31(34)37-28(16-9-13-26-11-3-2-4-12-26)17-10-15-27-14-5-7-23-32-27/h2-5,7,11-12,14,19-23,28,30H,6,8-10,13,15-18,24H2,1H3. The van der Waals surface area contributed by atoms with E-state index in [0.29, 0.717) is 13.0 Å². The summed E-state index contributed by atoms with van der Waals surface area (Å²) in [6.45, 7) is 2.33. The van der Waals surface area contributed by atoms with Gasteiger partial charge in [0.25, 0.3) is 0 Å². The zero-order valence-corrected chi connectivity index (χ0v) is 23.8. The van der Waals surface area contributed by atoms with E-state index in [-0.39, 0.29) is 15.3 Å². The number of pyridine rings is 1.